The van der Waals surface area contributed by atoms with E-state index >= 15 is 0 Å². The summed E-state index contributed by atoms with van der Waals surface area (Å²) >= 11 is 0. The van der Waals surface area contributed by atoms with Crippen molar-refractivity contribution < 1.29 is 9.53 Å². The van der Waals surface area contributed by atoms with Crippen molar-refractivity contribution in [3.63, 3.8) is 0 Å². The lowest BCUT2D eigenvalue weighted by Crippen LogP contribution is -2.38. The second-order valence-electron chi connectivity index (χ2n) is 8.78. The number of nitrogens with one attached hydrogen (secondary N) is 3. The number of halogens is 1. The third kappa shape index (κ3) is 10.0. The van der Waals surface area contributed by atoms with E-state index in [0.717, 1.165) is 37.6 Å². The van der Waals surface area contributed by atoms with Crippen molar-refractivity contribution in [3.8, 4) is 0 Å². The van der Waals surface area contributed by atoms with Crippen LogP contribution in [0.1, 0.15) is 50.2 Å². The summed E-state index contributed by atoms with van der Waals surface area (Å²) in [5, 5.41) is 13.9. The summed E-state index contributed by atoms with van der Waals surface area (Å²) < 4.78 is 7.20. The zero-order valence-corrected chi connectivity index (χ0v) is 23.2. The van der Waals surface area contributed by atoms with Crippen LogP contribution in [0.25, 0.3) is 0 Å². The topological polar surface area (TPSA) is 92.6 Å². The van der Waals surface area contributed by atoms with Gasteiger partial charge in [-0.15, -0.1) is 24.0 Å². The average Bonchev–Trinajstić information content (AvgIpc) is 2.93. The van der Waals surface area contributed by atoms with Crippen LogP contribution in [0.15, 0.2) is 29.3 Å². The van der Waals surface area contributed by atoms with Crippen LogP contribution < -0.4 is 16.0 Å². The molecule has 9 heteroatoms. The second kappa shape index (κ2) is 13.4. The van der Waals surface area contributed by atoms with Crippen molar-refractivity contribution in [3.05, 3.63) is 46.8 Å². The van der Waals surface area contributed by atoms with Crippen LogP contribution in [0.2, 0.25) is 0 Å². The fraction of sp³-hybridized carbons (Fsp3) is 0.542. The molecule has 0 spiro atoms. The molecule has 8 nitrogen and oxygen atoms in total. The van der Waals surface area contributed by atoms with E-state index in [1.165, 1.54) is 16.8 Å². The maximum absolute atomic E-state index is 11.9. The standard InChI is InChI=1S/C24H38N6O2.HI/c1-8-25-22(27-16-14-21-17(2)29-30(7)18(21)3)26-15-13-19-9-11-20(12-10-19)28-23(31)32-24(4,5)6;/h9-12H,8,13-16H2,1-7H3,(H,28,31)(H2,25,26,27);1H. The number of benzene rings is 1. The summed E-state index contributed by atoms with van der Waals surface area (Å²) in [4.78, 5) is 16.6. The maximum Gasteiger partial charge on any atom is 0.412 e. The molecule has 1 amide bonds. The van der Waals surface area contributed by atoms with Crippen LogP contribution in [0.4, 0.5) is 10.5 Å². The zero-order valence-electron chi connectivity index (χ0n) is 20.9. The number of rotatable bonds is 8. The molecule has 0 bridgehead atoms. The highest BCUT2D eigenvalue weighted by Gasteiger charge is 2.16. The minimum absolute atomic E-state index is 0. The van der Waals surface area contributed by atoms with Crippen molar-refractivity contribution in [2.24, 2.45) is 12.0 Å². The van der Waals surface area contributed by atoms with Gasteiger partial charge in [-0.2, -0.15) is 5.10 Å². The Bertz CT molecular complexity index is 916. The smallest absolute Gasteiger partial charge is 0.412 e. The molecule has 0 aliphatic rings. The number of ether oxygens (including phenoxy) is 1. The van der Waals surface area contributed by atoms with Gasteiger partial charge in [0.15, 0.2) is 5.96 Å². The lowest BCUT2D eigenvalue weighted by Gasteiger charge is -2.19. The van der Waals surface area contributed by atoms with Crippen molar-refractivity contribution >= 4 is 41.7 Å². The van der Waals surface area contributed by atoms with Crippen LogP contribution >= 0.6 is 24.0 Å². The minimum Gasteiger partial charge on any atom is -0.444 e. The number of carbonyl (C=O) groups is 1. The number of aromatic nitrogens is 2. The van der Waals surface area contributed by atoms with E-state index in [9.17, 15) is 4.79 Å². The van der Waals surface area contributed by atoms with Crippen molar-refractivity contribution in [1.82, 2.24) is 20.4 Å². The predicted molar refractivity (Wildman–Crippen MR) is 146 cm³/mol. The molecule has 0 fully saturated rings. The number of carbonyl (C=O) groups excluding carboxylic acids is 1. The fourth-order valence-electron chi connectivity index (χ4n) is 3.30. The zero-order chi connectivity index (χ0) is 23.7. The summed E-state index contributed by atoms with van der Waals surface area (Å²) in [7, 11) is 1.97. The van der Waals surface area contributed by atoms with Crippen LogP contribution in [-0.4, -0.2) is 47.1 Å². The third-order valence-electron chi connectivity index (χ3n) is 4.94. The van der Waals surface area contributed by atoms with Gasteiger partial charge in [-0.3, -0.25) is 15.0 Å². The quantitative estimate of drug-likeness (QED) is 0.250. The van der Waals surface area contributed by atoms with Crippen LogP contribution in [-0.2, 0) is 24.6 Å². The summed E-state index contributed by atoms with van der Waals surface area (Å²) in [6.07, 6.45) is 1.27. The van der Waals surface area contributed by atoms with Crippen LogP contribution in [0.3, 0.4) is 0 Å². The second-order valence-corrected chi connectivity index (χ2v) is 8.78. The van der Waals surface area contributed by atoms with Gasteiger partial charge in [0.25, 0.3) is 0 Å². The third-order valence-corrected chi connectivity index (χ3v) is 4.94. The van der Waals surface area contributed by atoms with Gasteiger partial charge >= 0.3 is 6.09 Å². The van der Waals surface area contributed by atoms with Crippen LogP contribution in [0, 0.1) is 13.8 Å². The molecule has 33 heavy (non-hydrogen) atoms. The van der Waals surface area contributed by atoms with E-state index < -0.39 is 11.7 Å². The Labute approximate surface area is 215 Å². The Kier molecular flexibility index (Phi) is 11.7. The highest BCUT2D eigenvalue weighted by molar-refractivity contribution is 14.0. The highest BCUT2D eigenvalue weighted by Crippen LogP contribution is 2.14. The minimum atomic E-state index is -0.517. The molecule has 0 radical (unpaired) electrons. The normalized spacial score (nSPS) is 11.5. The van der Waals surface area contributed by atoms with Gasteiger partial charge in [-0.05, 0) is 77.6 Å². The number of aliphatic imine (C=N–C) groups is 1. The molecule has 0 saturated heterocycles. The maximum atomic E-state index is 11.9. The molecule has 1 aromatic carbocycles. The number of aryl methyl sites for hydroxylation is 2. The van der Waals surface area contributed by atoms with Gasteiger partial charge in [-0.1, -0.05) is 12.1 Å². The summed E-state index contributed by atoms with van der Waals surface area (Å²) in [5.41, 5.74) is 4.91. The molecule has 1 heterocycles. The van der Waals surface area contributed by atoms with Crippen molar-refractivity contribution in [1.29, 1.82) is 0 Å². The molecule has 2 aromatic rings. The number of anilines is 1. The molecule has 0 unspecified atom stereocenters. The lowest BCUT2D eigenvalue weighted by molar-refractivity contribution is 0.0636. The molecule has 1 aromatic heterocycles. The number of hydrogen-bond donors (Lipinski definition) is 3. The van der Waals surface area contributed by atoms with Gasteiger partial charge in [0.2, 0.25) is 0 Å². The van der Waals surface area contributed by atoms with Gasteiger partial charge in [0.1, 0.15) is 5.60 Å². The van der Waals surface area contributed by atoms with E-state index in [1.807, 2.05) is 63.7 Å². The molecule has 3 N–H and O–H groups in total. The Hall–Kier alpha value is -2.30. The molecule has 0 saturated carbocycles. The van der Waals surface area contributed by atoms with E-state index in [1.54, 1.807) is 0 Å². The molecule has 2 rings (SSSR count). The van der Waals surface area contributed by atoms with Crippen molar-refractivity contribution in [2.45, 2.75) is 60.0 Å². The van der Waals surface area contributed by atoms with Gasteiger partial charge in [-0.25, -0.2) is 4.79 Å². The van der Waals surface area contributed by atoms with Crippen molar-refractivity contribution in [2.75, 3.05) is 25.0 Å². The summed E-state index contributed by atoms with van der Waals surface area (Å²) in [6.45, 7) is 14.0. The first-order chi connectivity index (χ1) is 15.1. The van der Waals surface area contributed by atoms with Gasteiger partial charge < -0.3 is 15.4 Å². The van der Waals surface area contributed by atoms with Crippen LogP contribution in [0.5, 0.6) is 0 Å². The number of nitrogens with zero attached hydrogens (tertiary/aromatic N) is 3. The molecule has 0 atom stereocenters. The van der Waals surface area contributed by atoms with E-state index in [4.69, 9.17) is 9.73 Å². The van der Waals surface area contributed by atoms with E-state index in [-0.39, 0.29) is 24.0 Å². The largest absolute Gasteiger partial charge is 0.444 e. The molecule has 0 aliphatic carbocycles. The molecule has 184 valence electrons. The molecular weight excluding hydrogens is 531 g/mol. The average molecular weight is 571 g/mol. The first-order valence-corrected chi connectivity index (χ1v) is 11.2. The Morgan fingerprint density at radius 3 is 2.33 bits per heavy atom. The first kappa shape index (κ1) is 28.7. The summed E-state index contributed by atoms with van der Waals surface area (Å²) in [6, 6.07) is 7.78. The van der Waals surface area contributed by atoms with E-state index in [0.29, 0.717) is 12.2 Å². The molecular formula is C24H39IN6O2. The Balaban J connectivity index is 0.00000544. The van der Waals surface area contributed by atoms with Gasteiger partial charge in [0.05, 0.1) is 5.69 Å². The van der Waals surface area contributed by atoms with Gasteiger partial charge in [0, 0.05) is 38.1 Å². The number of amides is 1. The predicted octanol–water partition coefficient (Wildman–Crippen LogP) is 4.34. The number of hydrogen-bond acceptors (Lipinski definition) is 4. The monoisotopic (exact) mass is 570 g/mol. The first-order valence-electron chi connectivity index (χ1n) is 11.2. The Morgan fingerprint density at radius 1 is 1.12 bits per heavy atom. The number of guanidine groups is 1. The SMILES string of the molecule is CCNC(=NCCc1c(C)nn(C)c1C)NCCc1ccc(NC(=O)OC(C)(C)C)cc1.I. The fourth-order valence-corrected chi connectivity index (χ4v) is 3.30. The summed E-state index contributed by atoms with van der Waals surface area (Å²) in [5.74, 6) is 0.815. The molecule has 0 aliphatic heterocycles. The Morgan fingerprint density at radius 2 is 1.79 bits per heavy atom. The van der Waals surface area contributed by atoms with E-state index in [2.05, 4.69) is 34.9 Å². The lowest BCUT2D eigenvalue weighted by atomic mass is 10.1. The highest BCUT2D eigenvalue weighted by atomic mass is 127.